The summed E-state index contributed by atoms with van der Waals surface area (Å²) in [6, 6.07) is 14.0. The van der Waals surface area contributed by atoms with E-state index in [9.17, 15) is 9.59 Å². The van der Waals surface area contributed by atoms with Gasteiger partial charge in [-0.25, -0.2) is 4.79 Å². The van der Waals surface area contributed by atoms with E-state index in [2.05, 4.69) is 19.2 Å². The van der Waals surface area contributed by atoms with Crippen molar-refractivity contribution in [1.29, 1.82) is 0 Å². The van der Waals surface area contributed by atoms with E-state index in [4.69, 9.17) is 15.8 Å². The van der Waals surface area contributed by atoms with Gasteiger partial charge in [-0.15, -0.1) is 24.8 Å². The molecule has 0 bridgehead atoms. The first-order chi connectivity index (χ1) is 15.2. The molecule has 0 saturated carbocycles. The predicted octanol–water partition coefficient (Wildman–Crippen LogP) is 5.82. The smallest absolute Gasteiger partial charge is 0.335 e. The number of aromatic carboxylic acids is 1. The monoisotopic (exact) mass is 503 g/mol. The molecule has 0 fully saturated rings. The number of pyridine rings is 1. The molecule has 4 N–H and O–H groups in total. The minimum atomic E-state index is -1.04. The SMILES string of the molecule is Cc1ccc(-c2c(CN)c(CC(C)C)nc(C)c2NC(=O)c2ccc(C(=O)O)cc2)cc1.Cl.Cl. The van der Waals surface area contributed by atoms with Gasteiger partial charge in [-0.05, 0) is 61.6 Å². The predicted molar refractivity (Wildman–Crippen MR) is 141 cm³/mol. The summed E-state index contributed by atoms with van der Waals surface area (Å²) in [5.74, 6) is -0.960. The first-order valence-corrected chi connectivity index (χ1v) is 10.7. The highest BCUT2D eigenvalue weighted by atomic mass is 35.5. The van der Waals surface area contributed by atoms with E-state index < -0.39 is 5.97 Å². The lowest BCUT2D eigenvalue weighted by molar-refractivity contribution is 0.0696. The fraction of sp³-hybridized carbons (Fsp3) is 0.269. The number of benzene rings is 2. The second-order valence-corrected chi connectivity index (χ2v) is 8.38. The number of carbonyl (C=O) groups is 2. The molecule has 0 aliphatic carbocycles. The lowest BCUT2D eigenvalue weighted by Gasteiger charge is -2.21. The average molecular weight is 504 g/mol. The maximum absolute atomic E-state index is 13.0. The number of hydrogen-bond donors (Lipinski definition) is 3. The molecular weight excluding hydrogens is 473 g/mol. The summed E-state index contributed by atoms with van der Waals surface area (Å²) in [4.78, 5) is 28.9. The van der Waals surface area contributed by atoms with Crippen LogP contribution in [0.25, 0.3) is 11.1 Å². The first-order valence-electron chi connectivity index (χ1n) is 10.7. The lowest BCUT2D eigenvalue weighted by atomic mass is 9.92. The third kappa shape index (κ3) is 6.56. The quantitative estimate of drug-likeness (QED) is 0.376. The third-order valence-electron chi connectivity index (χ3n) is 5.34. The summed E-state index contributed by atoms with van der Waals surface area (Å²) in [5, 5.41) is 12.1. The number of nitrogens with two attached hydrogens (primary N) is 1. The van der Waals surface area contributed by atoms with Crippen LogP contribution in [0.1, 0.15) is 57.1 Å². The van der Waals surface area contributed by atoms with Crippen LogP contribution in [-0.2, 0) is 13.0 Å². The number of rotatable bonds is 7. The zero-order chi connectivity index (χ0) is 23.4. The van der Waals surface area contributed by atoms with Crippen molar-refractivity contribution < 1.29 is 14.7 Å². The fourth-order valence-corrected chi connectivity index (χ4v) is 3.72. The number of aryl methyl sites for hydroxylation is 2. The molecule has 182 valence electrons. The van der Waals surface area contributed by atoms with Crippen LogP contribution in [0, 0.1) is 19.8 Å². The summed E-state index contributed by atoms with van der Waals surface area (Å²) >= 11 is 0. The Labute approximate surface area is 212 Å². The van der Waals surface area contributed by atoms with Crippen LogP contribution in [0.2, 0.25) is 0 Å². The Hall–Kier alpha value is -2.93. The van der Waals surface area contributed by atoms with Crippen molar-refractivity contribution in [2.24, 2.45) is 11.7 Å². The van der Waals surface area contributed by atoms with Crippen molar-refractivity contribution in [2.75, 3.05) is 5.32 Å². The van der Waals surface area contributed by atoms with Gasteiger partial charge < -0.3 is 16.2 Å². The van der Waals surface area contributed by atoms with Crippen molar-refractivity contribution in [3.8, 4) is 11.1 Å². The van der Waals surface area contributed by atoms with Gasteiger partial charge in [0.2, 0.25) is 0 Å². The molecule has 0 saturated heterocycles. The molecule has 0 aliphatic rings. The normalized spacial score (nSPS) is 10.3. The minimum Gasteiger partial charge on any atom is -0.478 e. The van der Waals surface area contributed by atoms with Crippen molar-refractivity contribution in [1.82, 2.24) is 4.98 Å². The largest absolute Gasteiger partial charge is 0.478 e. The number of carbonyl (C=O) groups excluding carboxylic acids is 1. The standard InChI is InChI=1S/C26H29N3O3.2ClH/c1-15(2)13-22-21(14-27)23(18-7-5-16(3)6-8-18)24(17(4)28-22)29-25(30)19-9-11-20(12-10-19)26(31)32;;/h5-12,15H,13-14,27H2,1-4H3,(H,29,30)(H,31,32);2*1H. The van der Waals surface area contributed by atoms with E-state index in [0.29, 0.717) is 29.4 Å². The molecule has 0 unspecified atom stereocenters. The van der Waals surface area contributed by atoms with E-state index in [1.54, 1.807) is 0 Å². The molecule has 0 aliphatic heterocycles. The maximum atomic E-state index is 13.0. The summed E-state index contributed by atoms with van der Waals surface area (Å²) in [7, 11) is 0. The van der Waals surface area contributed by atoms with Crippen molar-refractivity contribution in [3.63, 3.8) is 0 Å². The lowest BCUT2D eigenvalue weighted by Crippen LogP contribution is -2.18. The number of amides is 1. The molecule has 1 aromatic heterocycles. The number of carboxylic acids is 1. The number of nitrogens with one attached hydrogen (secondary N) is 1. The van der Waals surface area contributed by atoms with E-state index in [1.807, 2.05) is 38.1 Å². The van der Waals surface area contributed by atoms with Crippen LogP contribution in [0.5, 0.6) is 0 Å². The highest BCUT2D eigenvalue weighted by Gasteiger charge is 2.21. The zero-order valence-corrected chi connectivity index (χ0v) is 21.3. The van der Waals surface area contributed by atoms with Crippen LogP contribution in [0.4, 0.5) is 5.69 Å². The topological polar surface area (TPSA) is 105 Å². The van der Waals surface area contributed by atoms with Crippen molar-refractivity contribution in [2.45, 2.75) is 40.7 Å². The molecule has 3 rings (SSSR count). The molecule has 0 atom stereocenters. The molecule has 0 radical (unpaired) electrons. The minimum absolute atomic E-state index is 0. The molecule has 6 nitrogen and oxygen atoms in total. The van der Waals surface area contributed by atoms with Crippen LogP contribution in [0.3, 0.4) is 0 Å². The summed E-state index contributed by atoms with van der Waals surface area (Å²) in [6.07, 6.45) is 0.789. The van der Waals surface area contributed by atoms with Crippen molar-refractivity contribution in [3.05, 3.63) is 82.2 Å². The van der Waals surface area contributed by atoms with E-state index in [1.165, 1.54) is 24.3 Å². The van der Waals surface area contributed by atoms with Gasteiger partial charge in [-0.3, -0.25) is 9.78 Å². The second-order valence-electron chi connectivity index (χ2n) is 8.38. The third-order valence-corrected chi connectivity index (χ3v) is 5.34. The number of aromatic nitrogens is 1. The highest BCUT2D eigenvalue weighted by molar-refractivity contribution is 6.07. The molecule has 0 spiro atoms. The van der Waals surface area contributed by atoms with E-state index in [-0.39, 0.29) is 36.3 Å². The van der Waals surface area contributed by atoms with Crippen LogP contribution in [0.15, 0.2) is 48.5 Å². The Morgan fingerprint density at radius 2 is 1.53 bits per heavy atom. The number of halogens is 2. The molecule has 2 aromatic carbocycles. The second kappa shape index (κ2) is 12.5. The molecule has 3 aromatic rings. The maximum Gasteiger partial charge on any atom is 0.335 e. The van der Waals surface area contributed by atoms with Gasteiger partial charge in [0.15, 0.2) is 0 Å². The Morgan fingerprint density at radius 1 is 0.971 bits per heavy atom. The summed E-state index contributed by atoms with van der Waals surface area (Å²) in [6.45, 7) is 8.48. The summed E-state index contributed by atoms with van der Waals surface area (Å²) in [5.41, 5.74) is 12.9. The fourth-order valence-electron chi connectivity index (χ4n) is 3.72. The zero-order valence-electron chi connectivity index (χ0n) is 19.7. The Bertz CT molecular complexity index is 1150. The van der Waals surface area contributed by atoms with Crippen LogP contribution in [-0.4, -0.2) is 22.0 Å². The van der Waals surface area contributed by atoms with Gasteiger partial charge in [0.1, 0.15) is 0 Å². The van der Waals surface area contributed by atoms with Gasteiger partial charge in [-0.1, -0.05) is 43.7 Å². The Morgan fingerprint density at radius 3 is 2.03 bits per heavy atom. The van der Waals surface area contributed by atoms with E-state index in [0.717, 1.165) is 34.4 Å². The van der Waals surface area contributed by atoms with Gasteiger partial charge in [0.05, 0.1) is 16.9 Å². The molecule has 34 heavy (non-hydrogen) atoms. The highest BCUT2D eigenvalue weighted by Crippen LogP contribution is 2.36. The Balaban J connectivity index is 0.00000289. The van der Waals surface area contributed by atoms with Crippen molar-refractivity contribution >= 4 is 42.4 Å². The molecular formula is C26H31Cl2N3O3. The van der Waals surface area contributed by atoms with Gasteiger partial charge >= 0.3 is 5.97 Å². The van der Waals surface area contributed by atoms with E-state index >= 15 is 0 Å². The molecule has 1 amide bonds. The number of nitrogens with zero attached hydrogens (tertiary/aromatic N) is 1. The van der Waals surface area contributed by atoms with Gasteiger partial charge in [0.25, 0.3) is 5.91 Å². The summed E-state index contributed by atoms with van der Waals surface area (Å²) < 4.78 is 0. The Kier molecular flexibility index (Phi) is 10.7. The number of hydrogen-bond acceptors (Lipinski definition) is 4. The molecule has 8 heteroatoms. The van der Waals surface area contributed by atoms with Crippen LogP contribution < -0.4 is 11.1 Å². The van der Waals surface area contributed by atoms with Crippen LogP contribution >= 0.6 is 24.8 Å². The molecule has 1 heterocycles. The number of carboxylic acid groups (broad SMARTS) is 1. The van der Waals surface area contributed by atoms with Gasteiger partial charge in [0, 0.05) is 23.4 Å². The average Bonchev–Trinajstić information content (AvgIpc) is 2.75. The first kappa shape index (κ1) is 29.1. The van der Waals surface area contributed by atoms with Gasteiger partial charge in [-0.2, -0.15) is 0 Å². The number of anilines is 1.